The summed E-state index contributed by atoms with van der Waals surface area (Å²) in [6.07, 6.45) is 6.68. The van der Waals surface area contributed by atoms with Crippen LogP contribution in [-0.4, -0.2) is 5.16 Å². The summed E-state index contributed by atoms with van der Waals surface area (Å²) in [7, 11) is 0. The maximum Gasteiger partial charge on any atom is 0.157 e. The van der Waals surface area contributed by atoms with Crippen LogP contribution in [0, 0.1) is 5.41 Å². The third-order valence-corrected chi connectivity index (χ3v) is 3.40. The molecule has 3 nitrogen and oxygen atoms in total. The molecule has 1 spiro atoms. The van der Waals surface area contributed by atoms with Gasteiger partial charge in [-0.25, -0.2) is 0 Å². The minimum Gasteiger partial charge on any atom is -0.359 e. The van der Waals surface area contributed by atoms with Crippen LogP contribution in [-0.2, 0) is 6.42 Å². The molecule has 2 aliphatic carbocycles. The smallest absolute Gasteiger partial charge is 0.157 e. The molecule has 0 radical (unpaired) electrons. The highest BCUT2D eigenvalue weighted by Gasteiger charge is 2.52. The van der Waals surface area contributed by atoms with E-state index in [0.717, 1.165) is 12.2 Å². The lowest BCUT2D eigenvalue weighted by molar-refractivity contribution is 0.271. The molecule has 64 valence electrons. The summed E-state index contributed by atoms with van der Waals surface area (Å²) < 4.78 is 5.17. The van der Waals surface area contributed by atoms with Crippen molar-refractivity contribution < 1.29 is 4.52 Å². The molecule has 1 aromatic rings. The summed E-state index contributed by atoms with van der Waals surface area (Å²) in [6.45, 7) is 0. The first-order chi connectivity index (χ1) is 5.82. The average molecular weight is 164 g/mol. The van der Waals surface area contributed by atoms with E-state index in [9.17, 15) is 0 Å². The summed E-state index contributed by atoms with van der Waals surface area (Å²) in [5.74, 6) is 0.943. The minimum absolute atomic E-state index is 0.115. The Labute approximate surface area is 70.9 Å². The van der Waals surface area contributed by atoms with Gasteiger partial charge in [0.15, 0.2) is 5.76 Å². The van der Waals surface area contributed by atoms with E-state index >= 15 is 0 Å². The SMILES string of the molecule is NC1c2oncc2CCC12CC2. The van der Waals surface area contributed by atoms with E-state index in [1.54, 1.807) is 0 Å². The fraction of sp³-hybridized carbons (Fsp3) is 0.667. The van der Waals surface area contributed by atoms with Crippen molar-refractivity contribution in [3.63, 3.8) is 0 Å². The number of rotatable bonds is 0. The molecule has 1 fully saturated rings. The molecule has 0 amide bonds. The predicted molar refractivity (Wildman–Crippen MR) is 43.4 cm³/mol. The van der Waals surface area contributed by atoms with E-state index < -0.39 is 0 Å². The van der Waals surface area contributed by atoms with Crippen LogP contribution >= 0.6 is 0 Å². The molecule has 1 aromatic heterocycles. The van der Waals surface area contributed by atoms with Crippen LogP contribution in [0.2, 0.25) is 0 Å². The molecule has 12 heavy (non-hydrogen) atoms. The Morgan fingerprint density at radius 1 is 1.50 bits per heavy atom. The Bertz CT molecular complexity index is 314. The van der Waals surface area contributed by atoms with E-state index in [4.69, 9.17) is 10.3 Å². The lowest BCUT2D eigenvalue weighted by Gasteiger charge is -2.26. The Balaban J connectivity index is 2.07. The van der Waals surface area contributed by atoms with Gasteiger partial charge in [0.05, 0.1) is 12.2 Å². The van der Waals surface area contributed by atoms with E-state index in [2.05, 4.69) is 5.16 Å². The normalized spacial score (nSPS) is 30.2. The zero-order chi connectivity index (χ0) is 8.18. The summed E-state index contributed by atoms with van der Waals surface area (Å²) in [5.41, 5.74) is 7.71. The molecule has 0 aliphatic heterocycles. The fourth-order valence-corrected chi connectivity index (χ4v) is 2.25. The van der Waals surface area contributed by atoms with Crippen LogP contribution in [0.1, 0.15) is 36.6 Å². The van der Waals surface area contributed by atoms with Gasteiger partial charge in [-0.3, -0.25) is 0 Å². The van der Waals surface area contributed by atoms with E-state index in [-0.39, 0.29) is 6.04 Å². The van der Waals surface area contributed by atoms with Crippen molar-refractivity contribution in [3.8, 4) is 0 Å². The second-order valence-corrected chi connectivity index (χ2v) is 4.06. The first kappa shape index (κ1) is 6.66. The van der Waals surface area contributed by atoms with Crippen LogP contribution in [0.25, 0.3) is 0 Å². The maximum absolute atomic E-state index is 6.10. The van der Waals surface area contributed by atoms with Gasteiger partial charge in [-0.2, -0.15) is 0 Å². The quantitative estimate of drug-likeness (QED) is 0.630. The van der Waals surface area contributed by atoms with Crippen molar-refractivity contribution in [2.45, 2.75) is 31.7 Å². The first-order valence-electron chi connectivity index (χ1n) is 4.51. The zero-order valence-corrected chi connectivity index (χ0v) is 6.92. The van der Waals surface area contributed by atoms with Gasteiger partial charge in [-0.05, 0) is 31.1 Å². The molecule has 0 saturated heterocycles. The van der Waals surface area contributed by atoms with Crippen LogP contribution in [0.3, 0.4) is 0 Å². The number of nitrogens with zero attached hydrogens (tertiary/aromatic N) is 1. The van der Waals surface area contributed by atoms with Crippen LogP contribution in [0.15, 0.2) is 10.7 Å². The third kappa shape index (κ3) is 0.672. The van der Waals surface area contributed by atoms with Gasteiger partial charge in [0.2, 0.25) is 0 Å². The second-order valence-electron chi connectivity index (χ2n) is 4.06. The molecular weight excluding hydrogens is 152 g/mol. The van der Waals surface area contributed by atoms with Gasteiger partial charge in [0.1, 0.15) is 0 Å². The molecule has 2 N–H and O–H groups in total. The Morgan fingerprint density at radius 2 is 2.33 bits per heavy atom. The van der Waals surface area contributed by atoms with Crippen molar-refractivity contribution in [1.82, 2.24) is 5.16 Å². The van der Waals surface area contributed by atoms with Gasteiger partial charge in [0.25, 0.3) is 0 Å². The Hall–Kier alpha value is -0.830. The molecule has 3 heteroatoms. The molecular formula is C9H12N2O. The molecule has 0 aromatic carbocycles. The monoisotopic (exact) mass is 164 g/mol. The molecule has 0 bridgehead atoms. The number of nitrogens with two attached hydrogens (primary N) is 1. The number of hydrogen-bond donors (Lipinski definition) is 1. The summed E-state index contributed by atoms with van der Waals surface area (Å²) in [5, 5.41) is 3.79. The van der Waals surface area contributed by atoms with Crippen LogP contribution in [0.5, 0.6) is 0 Å². The van der Waals surface area contributed by atoms with Gasteiger partial charge in [-0.15, -0.1) is 0 Å². The maximum atomic E-state index is 6.10. The topological polar surface area (TPSA) is 52.0 Å². The fourth-order valence-electron chi connectivity index (χ4n) is 2.25. The van der Waals surface area contributed by atoms with E-state index in [1.807, 2.05) is 6.20 Å². The Morgan fingerprint density at radius 3 is 3.08 bits per heavy atom. The van der Waals surface area contributed by atoms with Gasteiger partial charge in [-0.1, -0.05) is 5.16 Å². The lowest BCUT2D eigenvalue weighted by Crippen LogP contribution is -2.27. The highest BCUT2D eigenvalue weighted by atomic mass is 16.5. The van der Waals surface area contributed by atoms with Crippen molar-refractivity contribution in [3.05, 3.63) is 17.5 Å². The lowest BCUT2D eigenvalue weighted by atomic mass is 9.82. The summed E-state index contributed by atoms with van der Waals surface area (Å²) >= 11 is 0. The van der Waals surface area contributed by atoms with Crippen molar-refractivity contribution >= 4 is 0 Å². The van der Waals surface area contributed by atoms with E-state index in [0.29, 0.717) is 5.41 Å². The first-order valence-corrected chi connectivity index (χ1v) is 4.51. The summed E-state index contributed by atoms with van der Waals surface area (Å²) in [6, 6.07) is 0.115. The highest BCUT2D eigenvalue weighted by molar-refractivity contribution is 5.26. The van der Waals surface area contributed by atoms with Crippen molar-refractivity contribution in [1.29, 1.82) is 0 Å². The second kappa shape index (κ2) is 1.91. The molecule has 1 unspecified atom stereocenters. The highest BCUT2D eigenvalue weighted by Crippen LogP contribution is 2.59. The van der Waals surface area contributed by atoms with Crippen LogP contribution < -0.4 is 5.73 Å². The average Bonchev–Trinajstić information content (AvgIpc) is 2.69. The largest absolute Gasteiger partial charge is 0.359 e. The van der Waals surface area contributed by atoms with E-state index in [1.165, 1.54) is 24.8 Å². The zero-order valence-electron chi connectivity index (χ0n) is 6.92. The molecule has 1 heterocycles. The molecule has 2 aliphatic rings. The predicted octanol–water partition coefficient (Wildman–Crippen LogP) is 1.40. The van der Waals surface area contributed by atoms with Crippen molar-refractivity contribution in [2.24, 2.45) is 11.1 Å². The van der Waals surface area contributed by atoms with Crippen LogP contribution in [0.4, 0.5) is 0 Å². The Kier molecular flexibility index (Phi) is 1.06. The number of fused-ring (bicyclic) bond motifs is 1. The summed E-state index contributed by atoms with van der Waals surface area (Å²) in [4.78, 5) is 0. The number of aromatic nitrogens is 1. The molecule has 3 rings (SSSR count). The molecule has 1 saturated carbocycles. The number of aryl methyl sites for hydroxylation is 1. The van der Waals surface area contributed by atoms with Gasteiger partial charge in [0, 0.05) is 5.56 Å². The van der Waals surface area contributed by atoms with Gasteiger partial charge < -0.3 is 10.3 Å². The standard InChI is InChI=1S/C9H12N2O/c10-8-7-6(5-11-12-7)1-2-9(8)3-4-9/h5,8H,1-4,10H2. The number of hydrogen-bond acceptors (Lipinski definition) is 3. The van der Waals surface area contributed by atoms with Crippen molar-refractivity contribution in [2.75, 3.05) is 0 Å². The minimum atomic E-state index is 0.115. The van der Waals surface area contributed by atoms with Gasteiger partial charge >= 0.3 is 0 Å². The molecule has 1 atom stereocenters. The third-order valence-electron chi connectivity index (χ3n) is 3.40.